The van der Waals surface area contributed by atoms with Gasteiger partial charge in [-0.1, -0.05) is 11.6 Å². The van der Waals surface area contributed by atoms with Gasteiger partial charge in [0.1, 0.15) is 0 Å². The van der Waals surface area contributed by atoms with Crippen molar-refractivity contribution in [2.45, 2.75) is 25.7 Å². The lowest BCUT2D eigenvalue weighted by Gasteiger charge is -2.05. The van der Waals surface area contributed by atoms with E-state index in [2.05, 4.69) is 16.4 Å². The van der Waals surface area contributed by atoms with Gasteiger partial charge in [0.2, 0.25) is 0 Å². The van der Waals surface area contributed by atoms with Crippen molar-refractivity contribution >= 4 is 11.5 Å². The lowest BCUT2D eigenvalue weighted by Crippen LogP contribution is -2.03. The van der Waals surface area contributed by atoms with Gasteiger partial charge in [0.25, 0.3) is 0 Å². The summed E-state index contributed by atoms with van der Waals surface area (Å²) in [6.07, 6.45) is 8.52. The number of hydrogen-bond donors (Lipinski definition) is 1. The maximum atomic E-state index is 10.4. The van der Waals surface area contributed by atoms with Crippen LogP contribution in [-0.2, 0) is 0 Å². The molecule has 5 heteroatoms. The van der Waals surface area contributed by atoms with Crippen LogP contribution >= 0.6 is 0 Å². The van der Waals surface area contributed by atoms with E-state index in [0.717, 1.165) is 18.7 Å². The van der Waals surface area contributed by atoms with Crippen LogP contribution in [-0.4, -0.2) is 16.5 Å². The molecule has 1 N–H and O–H groups in total. The molecular weight excluding hydrogens is 218 g/mol. The zero-order valence-electron chi connectivity index (χ0n) is 9.56. The molecule has 0 saturated heterocycles. The van der Waals surface area contributed by atoms with Crippen LogP contribution < -0.4 is 5.32 Å². The predicted molar refractivity (Wildman–Crippen MR) is 65.9 cm³/mol. The Morgan fingerprint density at radius 2 is 2.35 bits per heavy atom. The zero-order chi connectivity index (χ0) is 12.1. The molecule has 17 heavy (non-hydrogen) atoms. The van der Waals surface area contributed by atoms with Crippen LogP contribution in [0.5, 0.6) is 0 Å². The standard InChI is InChI=1S/C12H15N3O2/c16-15(17)12-6-5-11(9-14-12)13-8-7-10-3-1-2-4-10/h3,5-6,9,13H,1-2,4,7-8H2. The molecule has 0 bridgehead atoms. The highest BCUT2D eigenvalue weighted by atomic mass is 16.6. The smallest absolute Gasteiger partial charge is 0.363 e. The first-order valence-corrected chi connectivity index (χ1v) is 5.78. The fourth-order valence-corrected chi connectivity index (χ4v) is 1.93. The largest absolute Gasteiger partial charge is 0.382 e. The first kappa shape index (κ1) is 11.6. The van der Waals surface area contributed by atoms with Crippen molar-refractivity contribution < 1.29 is 4.92 Å². The summed E-state index contributed by atoms with van der Waals surface area (Å²) in [4.78, 5) is 13.7. The molecule has 90 valence electrons. The third-order valence-corrected chi connectivity index (χ3v) is 2.85. The summed E-state index contributed by atoms with van der Waals surface area (Å²) < 4.78 is 0. The van der Waals surface area contributed by atoms with E-state index in [0.29, 0.717) is 0 Å². The van der Waals surface area contributed by atoms with Crippen molar-refractivity contribution in [3.63, 3.8) is 0 Å². The molecule has 1 heterocycles. The molecule has 0 spiro atoms. The SMILES string of the molecule is O=[N+]([O-])c1ccc(NCCC2=CCCC2)cn1. The van der Waals surface area contributed by atoms with Crippen molar-refractivity contribution in [1.29, 1.82) is 0 Å². The van der Waals surface area contributed by atoms with Gasteiger partial charge in [-0.3, -0.25) is 0 Å². The second kappa shape index (κ2) is 5.43. The highest BCUT2D eigenvalue weighted by Crippen LogP contribution is 2.20. The van der Waals surface area contributed by atoms with Crippen LogP contribution in [0.25, 0.3) is 0 Å². The van der Waals surface area contributed by atoms with Crippen LogP contribution in [0.3, 0.4) is 0 Å². The maximum Gasteiger partial charge on any atom is 0.363 e. The van der Waals surface area contributed by atoms with E-state index in [4.69, 9.17) is 0 Å². The highest BCUT2D eigenvalue weighted by molar-refractivity contribution is 5.43. The monoisotopic (exact) mass is 233 g/mol. The number of rotatable bonds is 5. The summed E-state index contributed by atoms with van der Waals surface area (Å²) in [5.41, 5.74) is 2.33. The lowest BCUT2D eigenvalue weighted by molar-refractivity contribution is -0.389. The van der Waals surface area contributed by atoms with Crippen LogP contribution in [0.15, 0.2) is 30.0 Å². The van der Waals surface area contributed by atoms with E-state index in [9.17, 15) is 10.1 Å². The van der Waals surface area contributed by atoms with Crippen LogP contribution in [0.1, 0.15) is 25.7 Å². The molecule has 0 aromatic carbocycles. The normalized spacial score (nSPS) is 14.5. The lowest BCUT2D eigenvalue weighted by atomic mass is 10.2. The van der Waals surface area contributed by atoms with Crippen molar-refractivity contribution in [3.05, 3.63) is 40.1 Å². The summed E-state index contributed by atoms with van der Waals surface area (Å²) in [6.45, 7) is 0.853. The van der Waals surface area contributed by atoms with Gasteiger partial charge < -0.3 is 15.4 Å². The summed E-state index contributed by atoms with van der Waals surface area (Å²) in [7, 11) is 0. The summed E-state index contributed by atoms with van der Waals surface area (Å²) in [5, 5.41) is 13.6. The Balaban J connectivity index is 1.80. The molecule has 0 radical (unpaired) electrons. The van der Waals surface area contributed by atoms with Gasteiger partial charge in [0.05, 0.1) is 5.69 Å². The minimum atomic E-state index is -0.493. The topological polar surface area (TPSA) is 68.1 Å². The first-order chi connectivity index (χ1) is 8.25. The minimum Gasteiger partial charge on any atom is -0.382 e. The number of hydrogen-bond acceptors (Lipinski definition) is 4. The van der Waals surface area contributed by atoms with Gasteiger partial charge in [-0.25, -0.2) is 0 Å². The second-order valence-electron chi connectivity index (χ2n) is 4.09. The Hall–Kier alpha value is -1.91. The molecule has 1 aromatic rings. The number of aromatic nitrogens is 1. The van der Waals surface area contributed by atoms with E-state index in [1.165, 1.54) is 37.1 Å². The molecule has 0 amide bonds. The van der Waals surface area contributed by atoms with E-state index in [1.54, 1.807) is 6.07 Å². The quantitative estimate of drug-likeness (QED) is 0.482. The maximum absolute atomic E-state index is 10.4. The fraction of sp³-hybridized carbons (Fsp3) is 0.417. The number of nitrogens with zero attached hydrogens (tertiary/aromatic N) is 2. The zero-order valence-corrected chi connectivity index (χ0v) is 9.56. The van der Waals surface area contributed by atoms with Gasteiger partial charge in [0, 0.05) is 12.6 Å². The molecule has 0 saturated carbocycles. The number of allylic oxidation sites excluding steroid dienone is 1. The molecule has 2 rings (SSSR count). The molecule has 0 aliphatic heterocycles. The third-order valence-electron chi connectivity index (χ3n) is 2.85. The molecule has 1 aliphatic rings. The molecule has 0 unspecified atom stereocenters. The Kier molecular flexibility index (Phi) is 3.69. The third kappa shape index (κ3) is 3.27. The summed E-state index contributed by atoms with van der Waals surface area (Å²) in [5.74, 6) is -0.117. The average molecular weight is 233 g/mol. The molecule has 5 nitrogen and oxygen atoms in total. The van der Waals surface area contributed by atoms with Gasteiger partial charge in [-0.15, -0.1) is 0 Å². The van der Waals surface area contributed by atoms with Crippen molar-refractivity contribution in [3.8, 4) is 0 Å². The summed E-state index contributed by atoms with van der Waals surface area (Å²) >= 11 is 0. The summed E-state index contributed by atoms with van der Waals surface area (Å²) in [6, 6.07) is 3.10. The molecule has 1 aliphatic carbocycles. The molecule has 1 aromatic heterocycles. The first-order valence-electron chi connectivity index (χ1n) is 5.78. The molecule has 0 fully saturated rings. The van der Waals surface area contributed by atoms with Crippen molar-refractivity contribution in [1.82, 2.24) is 4.98 Å². The van der Waals surface area contributed by atoms with Crippen LogP contribution in [0, 0.1) is 10.1 Å². The molecular formula is C12H15N3O2. The Morgan fingerprint density at radius 1 is 1.47 bits per heavy atom. The number of anilines is 1. The van der Waals surface area contributed by atoms with E-state index < -0.39 is 4.92 Å². The van der Waals surface area contributed by atoms with E-state index >= 15 is 0 Å². The number of nitro groups is 1. The van der Waals surface area contributed by atoms with E-state index in [-0.39, 0.29) is 5.82 Å². The average Bonchev–Trinajstić information content (AvgIpc) is 2.83. The van der Waals surface area contributed by atoms with Gasteiger partial charge in [-0.05, 0) is 41.7 Å². The Labute approximate surface area is 99.7 Å². The number of pyridine rings is 1. The van der Waals surface area contributed by atoms with E-state index in [1.807, 2.05) is 0 Å². The predicted octanol–water partition coefficient (Wildman–Crippen LogP) is 2.90. The highest BCUT2D eigenvalue weighted by Gasteiger charge is 2.07. The van der Waals surface area contributed by atoms with Crippen LogP contribution in [0.4, 0.5) is 11.5 Å². The number of nitrogens with one attached hydrogen (secondary N) is 1. The fourth-order valence-electron chi connectivity index (χ4n) is 1.93. The Morgan fingerprint density at radius 3 is 2.94 bits per heavy atom. The van der Waals surface area contributed by atoms with Gasteiger partial charge in [-0.2, -0.15) is 0 Å². The van der Waals surface area contributed by atoms with Gasteiger partial charge in [0.15, 0.2) is 6.20 Å². The Bertz CT molecular complexity index is 426. The van der Waals surface area contributed by atoms with Crippen LogP contribution in [0.2, 0.25) is 0 Å². The van der Waals surface area contributed by atoms with Crippen molar-refractivity contribution in [2.75, 3.05) is 11.9 Å². The second-order valence-corrected chi connectivity index (χ2v) is 4.09. The minimum absolute atomic E-state index is 0.117. The van der Waals surface area contributed by atoms with Crippen molar-refractivity contribution in [2.24, 2.45) is 0 Å². The van der Waals surface area contributed by atoms with Gasteiger partial charge >= 0.3 is 5.82 Å². The molecule has 0 atom stereocenters.